The molecule has 0 aliphatic rings. The Morgan fingerprint density at radius 2 is 1.84 bits per heavy atom. The monoisotopic (exact) mass is 265 g/mol. The third-order valence-electron chi connectivity index (χ3n) is 2.97. The molecule has 19 heavy (non-hydrogen) atoms. The van der Waals surface area contributed by atoms with E-state index in [0.29, 0.717) is 12.6 Å². The second kappa shape index (κ2) is 9.68. The summed E-state index contributed by atoms with van der Waals surface area (Å²) in [7, 11) is 0. The quantitative estimate of drug-likeness (QED) is 0.655. The number of rotatable bonds is 10. The molecule has 1 aromatic rings. The fraction of sp³-hybridized carbons (Fsp3) is 0.625. The Hall–Kier alpha value is -1.22. The van der Waals surface area contributed by atoms with Crippen molar-refractivity contribution in [1.82, 2.24) is 5.32 Å². The summed E-state index contributed by atoms with van der Waals surface area (Å²) in [5, 5.41) is 3.42. The van der Waals surface area contributed by atoms with Crippen LogP contribution in [-0.2, 0) is 0 Å². The normalized spacial score (nSPS) is 12.2. The van der Waals surface area contributed by atoms with Crippen LogP contribution in [-0.4, -0.2) is 25.8 Å². The Balaban J connectivity index is 2.16. The van der Waals surface area contributed by atoms with Gasteiger partial charge in [0.05, 0.1) is 13.2 Å². The molecule has 3 heteroatoms. The maximum atomic E-state index is 5.73. The van der Waals surface area contributed by atoms with Gasteiger partial charge in [-0.3, -0.25) is 0 Å². The number of benzene rings is 1. The van der Waals surface area contributed by atoms with Gasteiger partial charge in [0.2, 0.25) is 0 Å². The van der Waals surface area contributed by atoms with E-state index in [1.54, 1.807) is 0 Å². The van der Waals surface area contributed by atoms with Gasteiger partial charge in [0.25, 0.3) is 0 Å². The molecule has 0 aliphatic carbocycles. The first-order valence-electron chi connectivity index (χ1n) is 7.35. The first-order chi connectivity index (χ1) is 9.26. The van der Waals surface area contributed by atoms with Crippen molar-refractivity contribution in [2.45, 2.75) is 46.1 Å². The second-order valence-corrected chi connectivity index (χ2v) is 4.71. The van der Waals surface area contributed by atoms with Crippen molar-refractivity contribution in [3.8, 4) is 11.5 Å². The van der Waals surface area contributed by atoms with E-state index in [1.165, 1.54) is 12.8 Å². The van der Waals surface area contributed by atoms with Gasteiger partial charge in [0, 0.05) is 12.1 Å². The smallest absolute Gasteiger partial charge is 0.122 e. The Bertz CT molecular complexity index is 341. The van der Waals surface area contributed by atoms with Crippen LogP contribution in [0.1, 0.15) is 40.0 Å². The van der Waals surface area contributed by atoms with Crippen molar-refractivity contribution in [3.63, 3.8) is 0 Å². The highest BCUT2D eigenvalue weighted by molar-refractivity contribution is 5.32. The molecule has 0 fully saturated rings. The van der Waals surface area contributed by atoms with E-state index in [-0.39, 0.29) is 0 Å². The lowest BCUT2D eigenvalue weighted by Gasteiger charge is -2.12. The highest BCUT2D eigenvalue weighted by atomic mass is 16.5. The number of hydrogen-bond acceptors (Lipinski definition) is 3. The highest BCUT2D eigenvalue weighted by Gasteiger charge is 2.00. The van der Waals surface area contributed by atoms with Crippen LogP contribution in [0.5, 0.6) is 11.5 Å². The lowest BCUT2D eigenvalue weighted by atomic mass is 10.1. The van der Waals surface area contributed by atoms with E-state index in [0.717, 1.165) is 31.1 Å². The van der Waals surface area contributed by atoms with Crippen LogP contribution >= 0.6 is 0 Å². The molecular formula is C16H27NO2. The minimum absolute atomic E-state index is 0.603. The summed E-state index contributed by atoms with van der Waals surface area (Å²) in [5.74, 6) is 1.77. The number of unbranched alkanes of at least 4 members (excludes halogenated alkanes) is 1. The molecule has 0 heterocycles. The van der Waals surface area contributed by atoms with Gasteiger partial charge in [-0.2, -0.15) is 0 Å². The van der Waals surface area contributed by atoms with Gasteiger partial charge >= 0.3 is 0 Å². The SMILES string of the molecule is CCNC(C)CCCCOc1cccc(OCC)c1. The number of nitrogens with one attached hydrogen (secondary N) is 1. The second-order valence-electron chi connectivity index (χ2n) is 4.71. The molecule has 1 rings (SSSR count). The molecule has 1 aromatic carbocycles. The molecule has 0 saturated heterocycles. The number of hydrogen-bond donors (Lipinski definition) is 1. The van der Waals surface area contributed by atoms with Crippen LogP contribution in [0.25, 0.3) is 0 Å². The molecule has 1 atom stereocenters. The van der Waals surface area contributed by atoms with Crippen LogP contribution < -0.4 is 14.8 Å². The topological polar surface area (TPSA) is 30.5 Å². The summed E-state index contributed by atoms with van der Waals surface area (Å²) in [4.78, 5) is 0. The zero-order valence-corrected chi connectivity index (χ0v) is 12.4. The maximum Gasteiger partial charge on any atom is 0.122 e. The molecule has 0 amide bonds. The van der Waals surface area contributed by atoms with Gasteiger partial charge in [0.15, 0.2) is 0 Å². The van der Waals surface area contributed by atoms with E-state index in [2.05, 4.69) is 19.2 Å². The summed E-state index contributed by atoms with van der Waals surface area (Å²) >= 11 is 0. The summed E-state index contributed by atoms with van der Waals surface area (Å²) in [6.45, 7) is 8.86. The van der Waals surface area contributed by atoms with Gasteiger partial charge < -0.3 is 14.8 Å². The van der Waals surface area contributed by atoms with E-state index in [1.807, 2.05) is 31.2 Å². The average Bonchev–Trinajstić information content (AvgIpc) is 2.39. The van der Waals surface area contributed by atoms with Gasteiger partial charge in [-0.25, -0.2) is 0 Å². The molecule has 0 saturated carbocycles. The molecule has 108 valence electrons. The molecule has 1 unspecified atom stereocenters. The Morgan fingerprint density at radius 1 is 1.11 bits per heavy atom. The van der Waals surface area contributed by atoms with Crippen molar-refractivity contribution < 1.29 is 9.47 Å². The fourth-order valence-corrected chi connectivity index (χ4v) is 2.01. The Labute approximate surface area is 117 Å². The summed E-state index contributed by atoms with van der Waals surface area (Å²) in [5.41, 5.74) is 0. The van der Waals surface area contributed by atoms with E-state index in [9.17, 15) is 0 Å². The predicted octanol–water partition coefficient (Wildman–Crippen LogP) is 3.63. The van der Waals surface area contributed by atoms with Crippen LogP contribution in [0.15, 0.2) is 24.3 Å². The zero-order chi connectivity index (χ0) is 13.9. The van der Waals surface area contributed by atoms with Crippen molar-refractivity contribution in [3.05, 3.63) is 24.3 Å². The van der Waals surface area contributed by atoms with Gasteiger partial charge in [-0.15, -0.1) is 0 Å². The average molecular weight is 265 g/mol. The molecule has 0 radical (unpaired) electrons. The molecule has 1 N–H and O–H groups in total. The van der Waals surface area contributed by atoms with Crippen LogP contribution in [0, 0.1) is 0 Å². The van der Waals surface area contributed by atoms with Gasteiger partial charge in [-0.05, 0) is 51.8 Å². The largest absolute Gasteiger partial charge is 0.494 e. The summed E-state index contributed by atoms with van der Waals surface area (Å²) in [6.07, 6.45) is 3.49. The Morgan fingerprint density at radius 3 is 2.53 bits per heavy atom. The first-order valence-corrected chi connectivity index (χ1v) is 7.35. The van der Waals surface area contributed by atoms with Crippen LogP contribution in [0.3, 0.4) is 0 Å². The zero-order valence-electron chi connectivity index (χ0n) is 12.4. The fourth-order valence-electron chi connectivity index (χ4n) is 2.01. The lowest BCUT2D eigenvalue weighted by molar-refractivity contribution is 0.296. The van der Waals surface area contributed by atoms with Gasteiger partial charge in [-0.1, -0.05) is 13.0 Å². The molecule has 0 bridgehead atoms. The molecule has 0 aromatic heterocycles. The highest BCUT2D eigenvalue weighted by Crippen LogP contribution is 2.19. The van der Waals surface area contributed by atoms with E-state index >= 15 is 0 Å². The lowest BCUT2D eigenvalue weighted by Crippen LogP contribution is -2.25. The predicted molar refractivity (Wildman–Crippen MR) is 80.1 cm³/mol. The van der Waals surface area contributed by atoms with Crippen molar-refractivity contribution in [2.24, 2.45) is 0 Å². The van der Waals surface area contributed by atoms with Crippen molar-refractivity contribution >= 4 is 0 Å². The van der Waals surface area contributed by atoms with Gasteiger partial charge in [0.1, 0.15) is 11.5 Å². The Kier molecular flexibility index (Phi) is 8.07. The molecular weight excluding hydrogens is 238 g/mol. The van der Waals surface area contributed by atoms with Crippen molar-refractivity contribution in [1.29, 1.82) is 0 Å². The van der Waals surface area contributed by atoms with Crippen LogP contribution in [0.4, 0.5) is 0 Å². The van der Waals surface area contributed by atoms with Crippen LogP contribution in [0.2, 0.25) is 0 Å². The molecule has 0 spiro atoms. The number of ether oxygens (including phenoxy) is 2. The van der Waals surface area contributed by atoms with Crippen molar-refractivity contribution in [2.75, 3.05) is 19.8 Å². The minimum Gasteiger partial charge on any atom is -0.494 e. The summed E-state index contributed by atoms with van der Waals surface area (Å²) < 4.78 is 11.2. The standard InChI is InChI=1S/C16H27NO2/c1-4-17-14(3)9-6-7-12-19-16-11-8-10-15(13-16)18-5-2/h8,10-11,13-14,17H,4-7,9,12H2,1-3H3. The minimum atomic E-state index is 0.603. The molecule has 0 aliphatic heterocycles. The third-order valence-corrected chi connectivity index (χ3v) is 2.97. The third kappa shape index (κ3) is 7.06. The summed E-state index contributed by atoms with van der Waals surface area (Å²) in [6, 6.07) is 8.45. The molecule has 3 nitrogen and oxygen atoms in total. The maximum absolute atomic E-state index is 5.73. The first kappa shape index (κ1) is 15.8. The van der Waals surface area contributed by atoms with E-state index < -0.39 is 0 Å². The van der Waals surface area contributed by atoms with E-state index in [4.69, 9.17) is 9.47 Å².